The van der Waals surface area contributed by atoms with Crippen molar-refractivity contribution in [1.29, 1.82) is 0 Å². The molecule has 120 valence electrons. The van der Waals surface area contributed by atoms with Gasteiger partial charge in [-0.1, -0.05) is 39.8 Å². The molecule has 4 nitrogen and oxygen atoms in total. The zero-order valence-corrected chi connectivity index (χ0v) is 15.8. The lowest BCUT2D eigenvalue weighted by Gasteiger charge is -2.07. The maximum Gasteiger partial charge on any atom is 0.191 e. The third-order valence-electron chi connectivity index (χ3n) is 3.15. The first kappa shape index (κ1) is 16.5. The van der Waals surface area contributed by atoms with Gasteiger partial charge in [0.1, 0.15) is 5.75 Å². The molecule has 3 aromatic rings. The van der Waals surface area contributed by atoms with E-state index in [9.17, 15) is 0 Å². The summed E-state index contributed by atoms with van der Waals surface area (Å²) in [7, 11) is 0. The average molecular weight is 410 g/mol. The number of thioether (sulfide) groups is 1. The highest BCUT2D eigenvalue weighted by molar-refractivity contribution is 9.10. The average Bonchev–Trinajstić information content (AvgIpc) is 3.20. The van der Waals surface area contributed by atoms with Crippen LogP contribution in [0.3, 0.4) is 0 Å². The van der Waals surface area contributed by atoms with E-state index >= 15 is 0 Å². The fraction of sp³-hybridized carbons (Fsp3) is 0.250. The van der Waals surface area contributed by atoms with Crippen LogP contribution < -0.4 is 4.74 Å². The first-order valence-corrected chi connectivity index (χ1v) is 9.92. The third kappa shape index (κ3) is 4.16. The number of rotatable bonds is 7. The van der Waals surface area contributed by atoms with Crippen molar-refractivity contribution in [2.75, 3.05) is 12.4 Å². The Bertz CT molecular complexity index is 759. The summed E-state index contributed by atoms with van der Waals surface area (Å²) in [5.41, 5.74) is 0. The van der Waals surface area contributed by atoms with E-state index in [2.05, 4.69) is 49.1 Å². The molecule has 0 atom stereocenters. The zero-order valence-electron chi connectivity index (χ0n) is 12.6. The van der Waals surface area contributed by atoms with E-state index in [1.54, 1.807) is 23.1 Å². The number of hydrogen-bond acceptors (Lipinski definition) is 5. The molecule has 0 saturated heterocycles. The Morgan fingerprint density at radius 1 is 1.26 bits per heavy atom. The molecule has 0 aliphatic carbocycles. The van der Waals surface area contributed by atoms with Crippen molar-refractivity contribution in [3.05, 3.63) is 46.3 Å². The Morgan fingerprint density at radius 2 is 2.17 bits per heavy atom. The van der Waals surface area contributed by atoms with Gasteiger partial charge in [0.2, 0.25) is 0 Å². The lowest BCUT2D eigenvalue weighted by atomic mass is 10.3. The largest absolute Gasteiger partial charge is 0.493 e. The van der Waals surface area contributed by atoms with Crippen molar-refractivity contribution in [3.63, 3.8) is 0 Å². The number of aromatic nitrogens is 3. The smallest absolute Gasteiger partial charge is 0.191 e. The molecule has 0 radical (unpaired) electrons. The van der Waals surface area contributed by atoms with Gasteiger partial charge in [-0.15, -0.1) is 21.5 Å². The molecule has 1 aromatic carbocycles. The monoisotopic (exact) mass is 409 g/mol. The van der Waals surface area contributed by atoms with E-state index in [0.717, 1.165) is 38.4 Å². The van der Waals surface area contributed by atoms with E-state index in [4.69, 9.17) is 4.74 Å². The van der Waals surface area contributed by atoms with Crippen molar-refractivity contribution in [2.24, 2.45) is 0 Å². The van der Waals surface area contributed by atoms with Crippen LogP contribution in [0.2, 0.25) is 0 Å². The highest BCUT2D eigenvalue weighted by Gasteiger charge is 2.13. The standard InChI is InChI=1S/C16H16BrN3OS2/c1-2-20-15(14-7-4-9-22-14)18-19-16(20)23-10-8-21-13-6-3-5-12(17)11-13/h3-7,9,11H,2,8,10H2,1H3. The number of thiophene rings is 1. The SMILES string of the molecule is CCn1c(SCCOc2cccc(Br)c2)nnc1-c1cccs1. The Kier molecular flexibility index (Phi) is 5.75. The van der Waals surface area contributed by atoms with Crippen molar-refractivity contribution >= 4 is 39.0 Å². The number of ether oxygens (including phenoxy) is 1. The lowest BCUT2D eigenvalue weighted by molar-refractivity contribution is 0.343. The number of halogens is 1. The molecular weight excluding hydrogens is 394 g/mol. The van der Waals surface area contributed by atoms with Crippen LogP contribution in [-0.4, -0.2) is 27.1 Å². The number of hydrogen-bond donors (Lipinski definition) is 0. The van der Waals surface area contributed by atoms with Gasteiger partial charge in [-0.2, -0.15) is 0 Å². The van der Waals surface area contributed by atoms with Crippen LogP contribution in [0.4, 0.5) is 0 Å². The molecule has 0 aliphatic heterocycles. The molecule has 0 spiro atoms. The summed E-state index contributed by atoms with van der Waals surface area (Å²) < 4.78 is 8.93. The highest BCUT2D eigenvalue weighted by atomic mass is 79.9. The van der Waals surface area contributed by atoms with E-state index < -0.39 is 0 Å². The summed E-state index contributed by atoms with van der Waals surface area (Å²) >= 11 is 6.80. The molecule has 0 N–H and O–H groups in total. The van der Waals surface area contributed by atoms with E-state index in [1.165, 1.54) is 0 Å². The van der Waals surface area contributed by atoms with Crippen LogP contribution in [-0.2, 0) is 6.54 Å². The molecule has 0 bridgehead atoms. The molecule has 0 fully saturated rings. The summed E-state index contributed by atoms with van der Waals surface area (Å²) in [6, 6.07) is 12.0. The molecule has 0 aliphatic rings. The fourth-order valence-corrected chi connectivity index (χ4v) is 4.03. The maximum atomic E-state index is 5.75. The predicted octanol–water partition coefficient (Wildman–Crippen LogP) is 4.96. The van der Waals surface area contributed by atoms with Crippen LogP contribution >= 0.6 is 39.0 Å². The van der Waals surface area contributed by atoms with Crippen LogP contribution in [0.1, 0.15) is 6.92 Å². The maximum absolute atomic E-state index is 5.75. The van der Waals surface area contributed by atoms with Gasteiger partial charge in [0.15, 0.2) is 11.0 Å². The summed E-state index contributed by atoms with van der Waals surface area (Å²) in [6.07, 6.45) is 0. The highest BCUT2D eigenvalue weighted by Crippen LogP contribution is 2.27. The van der Waals surface area contributed by atoms with E-state index in [1.807, 2.05) is 30.3 Å². The van der Waals surface area contributed by atoms with Crippen LogP contribution in [0, 0.1) is 0 Å². The van der Waals surface area contributed by atoms with Gasteiger partial charge in [0, 0.05) is 16.8 Å². The second kappa shape index (κ2) is 7.99. The zero-order chi connectivity index (χ0) is 16.1. The summed E-state index contributed by atoms with van der Waals surface area (Å²) in [5, 5.41) is 11.7. The minimum absolute atomic E-state index is 0.631. The van der Waals surface area contributed by atoms with E-state index in [-0.39, 0.29) is 0 Å². The van der Waals surface area contributed by atoms with Crippen molar-refractivity contribution < 1.29 is 4.74 Å². The summed E-state index contributed by atoms with van der Waals surface area (Å²) in [5.74, 6) is 2.64. The number of benzene rings is 1. The quantitative estimate of drug-likeness (QED) is 0.408. The molecule has 23 heavy (non-hydrogen) atoms. The van der Waals surface area contributed by atoms with Crippen LogP contribution in [0.5, 0.6) is 5.75 Å². The predicted molar refractivity (Wildman–Crippen MR) is 99.4 cm³/mol. The summed E-state index contributed by atoms with van der Waals surface area (Å²) in [4.78, 5) is 1.15. The van der Waals surface area contributed by atoms with Crippen LogP contribution in [0.25, 0.3) is 10.7 Å². The van der Waals surface area contributed by atoms with Gasteiger partial charge >= 0.3 is 0 Å². The molecular formula is C16H16BrN3OS2. The molecule has 0 unspecified atom stereocenters. The second-order valence-electron chi connectivity index (χ2n) is 4.68. The number of nitrogens with zero attached hydrogens (tertiary/aromatic N) is 3. The van der Waals surface area contributed by atoms with Crippen LogP contribution in [0.15, 0.2) is 51.4 Å². The molecule has 0 saturated carbocycles. The van der Waals surface area contributed by atoms with Gasteiger partial charge in [0.05, 0.1) is 11.5 Å². The van der Waals surface area contributed by atoms with Gasteiger partial charge in [-0.25, -0.2) is 0 Å². The first-order valence-electron chi connectivity index (χ1n) is 7.26. The Balaban J connectivity index is 1.58. The molecule has 0 amide bonds. The Hall–Kier alpha value is -1.31. The first-order chi connectivity index (χ1) is 11.3. The molecule has 2 heterocycles. The molecule has 2 aromatic heterocycles. The van der Waals surface area contributed by atoms with Crippen molar-refractivity contribution in [1.82, 2.24) is 14.8 Å². The fourth-order valence-electron chi connectivity index (χ4n) is 2.12. The molecule has 7 heteroatoms. The van der Waals surface area contributed by atoms with Gasteiger partial charge in [-0.3, -0.25) is 0 Å². The summed E-state index contributed by atoms with van der Waals surface area (Å²) in [6.45, 7) is 3.60. The Morgan fingerprint density at radius 3 is 2.91 bits per heavy atom. The second-order valence-corrected chi connectivity index (χ2v) is 7.61. The van der Waals surface area contributed by atoms with Gasteiger partial charge < -0.3 is 9.30 Å². The minimum atomic E-state index is 0.631. The lowest BCUT2D eigenvalue weighted by Crippen LogP contribution is -2.03. The van der Waals surface area contributed by atoms with Crippen molar-refractivity contribution in [2.45, 2.75) is 18.6 Å². The third-order valence-corrected chi connectivity index (χ3v) is 5.44. The van der Waals surface area contributed by atoms with Crippen molar-refractivity contribution in [3.8, 4) is 16.5 Å². The topological polar surface area (TPSA) is 39.9 Å². The minimum Gasteiger partial charge on any atom is -0.493 e. The van der Waals surface area contributed by atoms with E-state index in [0.29, 0.717) is 6.61 Å². The van der Waals surface area contributed by atoms with Gasteiger partial charge in [0.25, 0.3) is 0 Å². The molecule has 3 rings (SSSR count). The Labute approximate surface area is 152 Å². The normalized spacial score (nSPS) is 10.9. The van der Waals surface area contributed by atoms with Gasteiger partial charge in [-0.05, 0) is 36.6 Å².